The van der Waals surface area contributed by atoms with Gasteiger partial charge >= 0.3 is 6.03 Å². The lowest BCUT2D eigenvalue weighted by molar-refractivity contribution is -0.130. The number of hydrogen-bond donors (Lipinski definition) is 1. The predicted molar refractivity (Wildman–Crippen MR) is 119 cm³/mol. The number of imide groups is 1. The number of para-hydroxylation sites is 1. The first-order chi connectivity index (χ1) is 14.9. The molecule has 160 valence electrons. The molecule has 1 aromatic carbocycles. The number of benzene rings is 1. The number of urea groups is 1. The van der Waals surface area contributed by atoms with Gasteiger partial charge in [-0.05, 0) is 51.0 Å². The molecule has 3 aromatic rings. The summed E-state index contributed by atoms with van der Waals surface area (Å²) in [5.41, 5.74) is 2.21. The summed E-state index contributed by atoms with van der Waals surface area (Å²) in [5.74, 6) is 1.25. The number of nitrogens with zero attached hydrogens (tertiary/aromatic N) is 5. The van der Waals surface area contributed by atoms with Crippen molar-refractivity contribution in [2.45, 2.75) is 37.9 Å². The van der Waals surface area contributed by atoms with Crippen molar-refractivity contribution in [1.29, 1.82) is 0 Å². The lowest BCUT2D eigenvalue weighted by atomic mass is 10.1. The fourth-order valence-electron chi connectivity index (χ4n) is 3.49. The van der Waals surface area contributed by atoms with E-state index in [-0.39, 0.29) is 11.9 Å². The van der Waals surface area contributed by atoms with Gasteiger partial charge in [0.2, 0.25) is 0 Å². The molecule has 0 radical (unpaired) electrons. The highest BCUT2D eigenvalue weighted by Crippen LogP contribution is 2.29. The molecule has 2 aromatic heterocycles. The van der Waals surface area contributed by atoms with E-state index < -0.39 is 5.54 Å². The van der Waals surface area contributed by atoms with Gasteiger partial charge in [0, 0.05) is 30.3 Å². The van der Waals surface area contributed by atoms with E-state index in [0.717, 1.165) is 27.8 Å². The molecule has 9 heteroatoms. The van der Waals surface area contributed by atoms with Crippen LogP contribution in [0.25, 0.3) is 17.1 Å². The van der Waals surface area contributed by atoms with Crippen molar-refractivity contribution in [1.82, 2.24) is 30.0 Å². The summed E-state index contributed by atoms with van der Waals surface area (Å²) in [6, 6.07) is 11.6. The number of pyridine rings is 1. The lowest BCUT2D eigenvalue weighted by Gasteiger charge is -2.16. The Morgan fingerprint density at radius 3 is 2.48 bits per heavy atom. The first-order valence-electron chi connectivity index (χ1n) is 10.1. The van der Waals surface area contributed by atoms with Gasteiger partial charge in [-0.1, -0.05) is 30.0 Å². The van der Waals surface area contributed by atoms with Crippen molar-refractivity contribution in [2.75, 3.05) is 12.3 Å². The topological polar surface area (TPSA) is 93.0 Å². The molecule has 1 aliphatic rings. The number of amides is 3. The van der Waals surface area contributed by atoms with Gasteiger partial charge in [-0.25, -0.2) is 4.79 Å². The van der Waals surface area contributed by atoms with Gasteiger partial charge in [-0.2, -0.15) is 0 Å². The molecule has 8 nitrogen and oxygen atoms in total. The molecular formula is C22H24N6O2S. The number of thioether (sulfide) groups is 1. The third-order valence-electron chi connectivity index (χ3n) is 5.13. The Labute approximate surface area is 185 Å². The molecule has 31 heavy (non-hydrogen) atoms. The zero-order chi connectivity index (χ0) is 22.0. The van der Waals surface area contributed by atoms with Crippen LogP contribution in [0.2, 0.25) is 0 Å². The van der Waals surface area contributed by atoms with E-state index in [1.165, 1.54) is 4.90 Å². The maximum absolute atomic E-state index is 12.3. The summed E-state index contributed by atoms with van der Waals surface area (Å²) in [4.78, 5) is 29.8. The number of nitrogens with one attached hydrogen (secondary N) is 1. The fraction of sp³-hybridized carbons (Fsp3) is 0.318. The second kappa shape index (κ2) is 8.50. The van der Waals surface area contributed by atoms with E-state index in [2.05, 4.69) is 33.5 Å². The van der Waals surface area contributed by atoms with Crippen molar-refractivity contribution in [2.24, 2.45) is 0 Å². The van der Waals surface area contributed by atoms with Crippen LogP contribution in [0.3, 0.4) is 0 Å². The van der Waals surface area contributed by atoms with Crippen molar-refractivity contribution < 1.29 is 9.59 Å². The van der Waals surface area contributed by atoms with Crippen molar-refractivity contribution in [3.05, 3.63) is 54.4 Å². The molecule has 3 heterocycles. The summed E-state index contributed by atoms with van der Waals surface area (Å²) in [6.45, 7) is 5.86. The number of aryl methyl sites for hydroxylation is 1. The van der Waals surface area contributed by atoms with E-state index in [0.29, 0.717) is 18.7 Å². The lowest BCUT2D eigenvalue weighted by Crippen LogP contribution is -2.40. The first-order valence-corrected chi connectivity index (χ1v) is 11.1. The molecule has 1 N–H and O–H groups in total. The minimum Gasteiger partial charge on any atom is -0.324 e. The van der Waals surface area contributed by atoms with Crippen LogP contribution in [0.5, 0.6) is 0 Å². The Morgan fingerprint density at radius 2 is 1.81 bits per heavy atom. The van der Waals surface area contributed by atoms with Gasteiger partial charge in [0.1, 0.15) is 5.54 Å². The molecule has 0 bridgehead atoms. The highest BCUT2D eigenvalue weighted by atomic mass is 32.2. The van der Waals surface area contributed by atoms with E-state index in [4.69, 9.17) is 0 Å². The SMILES string of the molecule is Cc1ccccc1-n1c(SCCCN2C(=O)NC(C)(C)C2=O)nnc1-c1ccncc1. The molecule has 4 rings (SSSR count). The number of rotatable bonds is 7. The average Bonchev–Trinajstić information content (AvgIpc) is 3.25. The summed E-state index contributed by atoms with van der Waals surface area (Å²) < 4.78 is 2.05. The zero-order valence-corrected chi connectivity index (χ0v) is 18.5. The number of hydrogen-bond acceptors (Lipinski definition) is 6. The molecular weight excluding hydrogens is 412 g/mol. The third kappa shape index (κ3) is 4.18. The van der Waals surface area contributed by atoms with E-state index in [1.54, 1.807) is 38.0 Å². The van der Waals surface area contributed by atoms with Crippen LogP contribution in [0.15, 0.2) is 53.9 Å². The Bertz CT molecular complexity index is 1110. The highest BCUT2D eigenvalue weighted by molar-refractivity contribution is 7.99. The summed E-state index contributed by atoms with van der Waals surface area (Å²) >= 11 is 1.56. The fourth-order valence-corrected chi connectivity index (χ4v) is 4.36. The molecule has 0 unspecified atom stereocenters. The van der Waals surface area contributed by atoms with Crippen LogP contribution in [-0.2, 0) is 4.79 Å². The molecule has 1 aliphatic heterocycles. The second-order valence-electron chi connectivity index (χ2n) is 7.88. The maximum atomic E-state index is 12.3. The molecule has 1 saturated heterocycles. The largest absolute Gasteiger partial charge is 0.325 e. The molecule has 0 saturated carbocycles. The first kappa shape index (κ1) is 21.0. The van der Waals surface area contributed by atoms with Gasteiger partial charge in [-0.3, -0.25) is 19.2 Å². The van der Waals surface area contributed by atoms with Crippen molar-refractivity contribution >= 4 is 23.7 Å². The van der Waals surface area contributed by atoms with Gasteiger partial charge < -0.3 is 5.32 Å². The van der Waals surface area contributed by atoms with Crippen LogP contribution in [0.1, 0.15) is 25.8 Å². The van der Waals surface area contributed by atoms with Crippen LogP contribution in [0, 0.1) is 6.92 Å². The maximum Gasteiger partial charge on any atom is 0.325 e. The Hall–Kier alpha value is -3.20. The van der Waals surface area contributed by atoms with Gasteiger partial charge in [-0.15, -0.1) is 10.2 Å². The monoisotopic (exact) mass is 436 g/mol. The minimum absolute atomic E-state index is 0.189. The van der Waals surface area contributed by atoms with Gasteiger partial charge in [0.15, 0.2) is 11.0 Å². The second-order valence-corrected chi connectivity index (χ2v) is 8.94. The van der Waals surface area contributed by atoms with E-state index in [9.17, 15) is 9.59 Å². The van der Waals surface area contributed by atoms with Crippen molar-refractivity contribution in [3.8, 4) is 17.1 Å². The summed E-state index contributed by atoms with van der Waals surface area (Å²) in [6.07, 6.45) is 4.13. The van der Waals surface area contributed by atoms with E-state index in [1.807, 2.05) is 34.9 Å². The molecule has 1 fully saturated rings. The van der Waals surface area contributed by atoms with E-state index >= 15 is 0 Å². The minimum atomic E-state index is -0.839. The number of carbonyl (C=O) groups excluding carboxylic acids is 2. The molecule has 0 atom stereocenters. The van der Waals surface area contributed by atoms with Crippen LogP contribution in [0.4, 0.5) is 4.79 Å². The number of aromatic nitrogens is 4. The van der Waals surface area contributed by atoms with Gasteiger partial charge in [0.25, 0.3) is 5.91 Å². The highest BCUT2D eigenvalue weighted by Gasteiger charge is 2.43. The Balaban J connectivity index is 1.53. The molecule has 0 spiro atoms. The van der Waals surface area contributed by atoms with Crippen LogP contribution >= 0.6 is 11.8 Å². The Morgan fingerprint density at radius 1 is 1.06 bits per heavy atom. The molecule has 3 amide bonds. The Kier molecular flexibility index (Phi) is 5.77. The zero-order valence-electron chi connectivity index (χ0n) is 17.7. The third-order valence-corrected chi connectivity index (χ3v) is 6.15. The molecule has 0 aliphatic carbocycles. The normalized spacial score (nSPS) is 15.4. The van der Waals surface area contributed by atoms with Gasteiger partial charge in [0.05, 0.1) is 5.69 Å². The summed E-state index contributed by atoms with van der Waals surface area (Å²) in [7, 11) is 0. The standard InChI is InChI=1S/C22H24N6O2S/c1-15-7-4-5-8-17(15)28-18(16-9-11-23-12-10-16)25-26-21(28)31-14-6-13-27-19(29)22(2,3)24-20(27)30/h4-5,7-12H,6,13-14H2,1-3H3,(H,24,30). The van der Waals surface area contributed by atoms with Crippen LogP contribution in [-0.4, -0.2) is 54.4 Å². The smallest absolute Gasteiger partial charge is 0.324 e. The number of carbonyl (C=O) groups is 2. The summed E-state index contributed by atoms with van der Waals surface area (Å²) in [5, 5.41) is 12.3. The average molecular weight is 437 g/mol. The predicted octanol–water partition coefficient (Wildman–Crippen LogP) is 3.45. The quantitative estimate of drug-likeness (QED) is 0.346. The van der Waals surface area contributed by atoms with Crippen molar-refractivity contribution in [3.63, 3.8) is 0 Å². The van der Waals surface area contributed by atoms with Crippen LogP contribution < -0.4 is 5.32 Å².